The number of hydrogen-bond donors (Lipinski definition) is 3. The normalized spacial score (nSPS) is 10.5. The molecular formula is C24H24N8O. The van der Waals surface area contributed by atoms with E-state index in [1.54, 1.807) is 15.6 Å². The van der Waals surface area contributed by atoms with E-state index in [1.165, 1.54) is 0 Å². The molecule has 0 fully saturated rings. The van der Waals surface area contributed by atoms with Gasteiger partial charge in [-0.2, -0.15) is 15.5 Å². The Morgan fingerprint density at radius 3 is 2.64 bits per heavy atom. The molecule has 2 amide bonds. The van der Waals surface area contributed by atoms with Gasteiger partial charge in [0, 0.05) is 25.5 Å². The molecule has 0 bridgehead atoms. The lowest BCUT2D eigenvalue weighted by Crippen LogP contribution is -2.35. The molecule has 0 aliphatic heterocycles. The predicted molar refractivity (Wildman–Crippen MR) is 125 cm³/mol. The summed E-state index contributed by atoms with van der Waals surface area (Å²) in [6, 6.07) is 21.0. The van der Waals surface area contributed by atoms with Crippen molar-refractivity contribution in [3.05, 3.63) is 89.9 Å². The standard InChI is InChI=1S/C24H24N8O/c25-16-21-22(30-32(23(21)26)19-8-2-1-3-9-19)11-5-12-27-24(33)28-17-18-7-4-10-20(15-18)31-14-6-13-29-31/h1-4,6-10,13-15H,5,11-12,17,26H2,(H2,27,28,33). The van der Waals surface area contributed by atoms with E-state index in [0.717, 1.165) is 16.9 Å². The molecule has 2 heterocycles. The number of nitriles is 1. The van der Waals surface area contributed by atoms with E-state index in [2.05, 4.69) is 26.9 Å². The molecule has 4 rings (SSSR count). The van der Waals surface area contributed by atoms with E-state index in [0.29, 0.717) is 43.0 Å². The minimum absolute atomic E-state index is 0.255. The fourth-order valence-corrected chi connectivity index (χ4v) is 3.47. The van der Waals surface area contributed by atoms with Crippen LogP contribution in [0.2, 0.25) is 0 Å². The maximum atomic E-state index is 12.2. The smallest absolute Gasteiger partial charge is 0.315 e. The molecule has 9 heteroatoms. The first-order valence-electron chi connectivity index (χ1n) is 10.6. The van der Waals surface area contributed by atoms with E-state index < -0.39 is 0 Å². The lowest BCUT2D eigenvalue weighted by Gasteiger charge is -2.09. The zero-order valence-electron chi connectivity index (χ0n) is 18.0. The number of nitrogen functional groups attached to an aromatic ring is 1. The second-order valence-corrected chi connectivity index (χ2v) is 7.40. The Morgan fingerprint density at radius 1 is 1.06 bits per heavy atom. The summed E-state index contributed by atoms with van der Waals surface area (Å²) in [6.45, 7) is 0.847. The van der Waals surface area contributed by atoms with Gasteiger partial charge in [0.15, 0.2) is 0 Å². The average molecular weight is 441 g/mol. The second-order valence-electron chi connectivity index (χ2n) is 7.40. The molecule has 0 saturated heterocycles. The molecule has 0 radical (unpaired) electrons. The minimum atomic E-state index is -0.255. The second kappa shape index (κ2) is 10.2. The summed E-state index contributed by atoms with van der Waals surface area (Å²) in [7, 11) is 0. The molecule has 4 aromatic rings. The molecular weight excluding hydrogens is 416 g/mol. The summed E-state index contributed by atoms with van der Waals surface area (Å²) in [5.74, 6) is 0.321. The van der Waals surface area contributed by atoms with Crippen molar-refractivity contribution in [1.82, 2.24) is 30.2 Å². The highest BCUT2D eigenvalue weighted by Crippen LogP contribution is 2.21. The lowest BCUT2D eigenvalue weighted by atomic mass is 10.1. The summed E-state index contributed by atoms with van der Waals surface area (Å²) < 4.78 is 3.34. The Morgan fingerprint density at radius 2 is 1.88 bits per heavy atom. The molecule has 2 aromatic carbocycles. The third-order valence-corrected chi connectivity index (χ3v) is 5.11. The first-order chi connectivity index (χ1) is 16.2. The van der Waals surface area contributed by atoms with Crippen molar-refractivity contribution in [3.63, 3.8) is 0 Å². The first kappa shape index (κ1) is 21.6. The fourth-order valence-electron chi connectivity index (χ4n) is 3.47. The van der Waals surface area contributed by atoms with Crippen LogP contribution in [-0.2, 0) is 13.0 Å². The van der Waals surface area contributed by atoms with Gasteiger partial charge < -0.3 is 16.4 Å². The Kier molecular flexibility index (Phi) is 6.66. The number of nitrogens with one attached hydrogen (secondary N) is 2. The number of amides is 2. The average Bonchev–Trinajstić information content (AvgIpc) is 3.49. The first-order valence-corrected chi connectivity index (χ1v) is 10.6. The summed E-state index contributed by atoms with van der Waals surface area (Å²) in [5, 5.41) is 23.9. The van der Waals surface area contributed by atoms with Crippen LogP contribution in [0.25, 0.3) is 11.4 Å². The quantitative estimate of drug-likeness (QED) is 0.363. The number of carbonyl (C=O) groups is 1. The summed E-state index contributed by atoms with van der Waals surface area (Å²) in [4.78, 5) is 12.2. The third kappa shape index (κ3) is 5.19. The topological polar surface area (TPSA) is 127 Å². The highest BCUT2D eigenvalue weighted by atomic mass is 16.2. The van der Waals surface area contributed by atoms with Crippen molar-refractivity contribution >= 4 is 11.8 Å². The molecule has 33 heavy (non-hydrogen) atoms. The lowest BCUT2D eigenvalue weighted by molar-refractivity contribution is 0.240. The molecule has 0 saturated carbocycles. The predicted octanol–water partition coefficient (Wildman–Crippen LogP) is 2.94. The number of carbonyl (C=O) groups excluding carboxylic acids is 1. The molecule has 0 aliphatic carbocycles. The van der Waals surface area contributed by atoms with Gasteiger partial charge in [-0.25, -0.2) is 14.2 Å². The van der Waals surface area contributed by atoms with Crippen molar-refractivity contribution in [1.29, 1.82) is 5.26 Å². The van der Waals surface area contributed by atoms with E-state index in [-0.39, 0.29) is 6.03 Å². The molecule has 0 unspecified atom stereocenters. The van der Waals surface area contributed by atoms with E-state index in [9.17, 15) is 10.1 Å². The van der Waals surface area contributed by atoms with E-state index >= 15 is 0 Å². The molecule has 0 aliphatic rings. The molecule has 4 N–H and O–H groups in total. The Balaban J connectivity index is 1.26. The van der Waals surface area contributed by atoms with Crippen LogP contribution in [0.4, 0.5) is 10.6 Å². The van der Waals surface area contributed by atoms with Crippen LogP contribution >= 0.6 is 0 Å². The third-order valence-electron chi connectivity index (χ3n) is 5.11. The Bertz CT molecular complexity index is 1260. The van der Waals surface area contributed by atoms with Gasteiger partial charge in [-0.15, -0.1) is 0 Å². The van der Waals surface area contributed by atoms with Crippen molar-refractivity contribution < 1.29 is 4.79 Å². The molecule has 166 valence electrons. The van der Waals surface area contributed by atoms with Gasteiger partial charge in [0.1, 0.15) is 17.5 Å². The number of nitrogens with zero attached hydrogens (tertiary/aromatic N) is 5. The number of rotatable bonds is 8. The van der Waals surface area contributed by atoms with Gasteiger partial charge in [-0.05, 0) is 48.7 Å². The monoisotopic (exact) mass is 440 g/mol. The van der Waals surface area contributed by atoms with Gasteiger partial charge in [-0.3, -0.25) is 0 Å². The van der Waals surface area contributed by atoms with E-state index in [1.807, 2.05) is 66.9 Å². The van der Waals surface area contributed by atoms with Gasteiger partial charge in [0.25, 0.3) is 0 Å². The fraction of sp³-hybridized carbons (Fsp3) is 0.167. The van der Waals surface area contributed by atoms with Gasteiger partial charge in [0.05, 0.1) is 17.1 Å². The van der Waals surface area contributed by atoms with Crippen LogP contribution in [0, 0.1) is 11.3 Å². The largest absolute Gasteiger partial charge is 0.382 e. The van der Waals surface area contributed by atoms with Crippen LogP contribution in [-0.4, -0.2) is 32.1 Å². The maximum absolute atomic E-state index is 12.2. The molecule has 0 atom stereocenters. The number of nitrogens with two attached hydrogens (primary N) is 1. The summed E-state index contributed by atoms with van der Waals surface area (Å²) in [5.41, 5.74) is 9.83. The SMILES string of the molecule is N#Cc1c(CCCNC(=O)NCc2cccc(-n3cccn3)c2)nn(-c2ccccc2)c1N. The number of benzene rings is 2. The Labute approximate surface area is 191 Å². The van der Waals surface area contributed by atoms with Crippen molar-refractivity contribution in [2.75, 3.05) is 12.3 Å². The number of hydrogen-bond acceptors (Lipinski definition) is 5. The zero-order valence-corrected chi connectivity index (χ0v) is 18.0. The number of para-hydroxylation sites is 1. The summed E-state index contributed by atoms with van der Waals surface area (Å²) in [6.07, 6.45) is 4.74. The van der Waals surface area contributed by atoms with Crippen molar-refractivity contribution in [2.24, 2.45) is 0 Å². The molecule has 9 nitrogen and oxygen atoms in total. The van der Waals surface area contributed by atoms with Crippen molar-refractivity contribution in [3.8, 4) is 17.4 Å². The number of aromatic nitrogens is 4. The van der Waals surface area contributed by atoms with Crippen LogP contribution in [0.15, 0.2) is 73.1 Å². The minimum Gasteiger partial charge on any atom is -0.382 e. The van der Waals surface area contributed by atoms with Crippen LogP contribution in [0.5, 0.6) is 0 Å². The van der Waals surface area contributed by atoms with Crippen LogP contribution in [0.3, 0.4) is 0 Å². The number of anilines is 1. The van der Waals surface area contributed by atoms with Crippen LogP contribution in [0.1, 0.15) is 23.2 Å². The van der Waals surface area contributed by atoms with Gasteiger partial charge in [-0.1, -0.05) is 30.3 Å². The van der Waals surface area contributed by atoms with Gasteiger partial charge in [0.2, 0.25) is 0 Å². The van der Waals surface area contributed by atoms with Crippen LogP contribution < -0.4 is 16.4 Å². The number of aryl methyl sites for hydroxylation is 1. The summed E-state index contributed by atoms with van der Waals surface area (Å²) >= 11 is 0. The van der Waals surface area contributed by atoms with E-state index in [4.69, 9.17) is 5.73 Å². The Hall–Kier alpha value is -4.58. The highest BCUT2D eigenvalue weighted by molar-refractivity contribution is 5.73. The zero-order chi connectivity index (χ0) is 23.0. The molecule has 2 aromatic heterocycles. The number of urea groups is 1. The molecule has 0 spiro atoms. The maximum Gasteiger partial charge on any atom is 0.315 e. The van der Waals surface area contributed by atoms with Gasteiger partial charge >= 0.3 is 6.03 Å². The highest BCUT2D eigenvalue weighted by Gasteiger charge is 2.16. The van der Waals surface area contributed by atoms with Crippen molar-refractivity contribution in [2.45, 2.75) is 19.4 Å².